The van der Waals surface area contributed by atoms with Gasteiger partial charge < -0.3 is 15.2 Å². The summed E-state index contributed by atoms with van der Waals surface area (Å²) in [5, 5.41) is 8.76. The molecule has 0 aliphatic carbocycles. The number of pyridine rings is 1. The molecule has 0 spiro atoms. The Kier molecular flexibility index (Phi) is 3.61. The van der Waals surface area contributed by atoms with Crippen molar-refractivity contribution in [1.82, 2.24) is 4.98 Å². The van der Waals surface area contributed by atoms with Crippen LogP contribution in [0, 0.1) is 11.3 Å². The second-order valence-corrected chi connectivity index (χ2v) is 2.92. The SMILES string of the molecule is COC(=O)c1c(N)cnc(OC(F)(F)F)c1C#N. The minimum atomic E-state index is -5.04. The number of hydrogen-bond acceptors (Lipinski definition) is 6. The van der Waals surface area contributed by atoms with Crippen molar-refractivity contribution in [2.24, 2.45) is 0 Å². The van der Waals surface area contributed by atoms with Crippen LogP contribution in [0.25, 0.3) is 0 Å². The number of nitriles is 1. The zero-order valence-corrected chi connectivity index (χ0v) is 8.91. The third kappa shape index (κ3) is 2.79. The molecule has 18 heavy (non-hydrogen) atoms. The summed E-state index contributed by atoms with van der Waals surface area (Å²) in [5.74, 6) is -2.11. The summed E-state index contributed by atoms with van der Waals surface area (Å²) < 4.78 is 44.0. The van der Waals surface area contributed by atoms with Gasteiger partial charge in [0.25, 0.3) is 0 Å². The van der Waals surface area contributed by atoms with Gasteiger partial charge in [-0.05, 0) is 0 Å². The van der Waals surface area contributed by atoms with Crippen molar-refractivity contribution in [3.8, 4) is 11.9 Å². The zero-order chi connectivity index (χ0) is 13.9. The van der Waals surface area contributed by atoms with Gasteiger partial charge in [-0.1, -0.05) is 0 Å². The molecule has 0 bridgehead atoms. The van der Waals surface area contributed by atoms with E-state index in [1.165, 1.54) is 6.07 Å². The van der Waals surface area contributed by atoms with E-state index in [1.807, 2.05) is 0 Å². The maximum absolute atomic E-state index is 12.1. The molecule has 1 aromatic heterocycles. The average Bonchev–Trinajstić information content (AvgIpc) is 2.28. The number of methoxy groups -OCH3 is 1. The summed E-state index contributed by atoms with van der Waals surface area (Å²) in [5.41, 5.74) is 3.81. The van der Waals surface area contributed by atoms with E-state index in [0.717, 1.165) is 13.3 Å². The van der Waals surface area contributed by atoms with Gasteiger partial charge in [0.2, 0.25) is 5.88 Å². The Balaban J connectivity index is 3.40. The predicted octanol–water partition coefficient (Wildman–Crippen LogP) is 1.22. The van der Waals surface area contributed by atoms with E-state index in [-0.39, 0.29) is 5.69 Å². The van der Waals surface area contributed by atoms with Crippen LogP contribution < -0.4 is 10.5 Å². The number of hydrogen-bond donors (Lipinski definition) is 1. The molecule has 0 fully saturated rings. The fraction of sp³-hybridized carbons (Fsp3) is 0.222. The minimum Gasteiger partial charge on any atom is -0.465 e. The van der Waals surface area contributed by atoms with Crippen molar-refractivity contribution in [1.29, 1.82) is 5.26 Å². The fourth-order valence-corrected chi connectivity index (χ4v) is 1.12. The Morgan fingerprint density at radius 2 is 2.17 bits per heavy atom. The van der Waals surface area contributed by atoms with Crippen LogP contribution in [-0.2, 0) is 4.74 Å². The first-order valence-corrected chi connectivity index (χ1v) is 4.32. The van der Waals surface area contributed by atoms with Gasteiger partial charge in [0.05, 0.1) is 19.0 Å². The molecule has 0 atom stereocenters. The van der Waals surface area contributed by atoms with Crippen LogP contribution in [0.5, 0.6) is 5.88 Å². The molecule has 2 N–H and O–H groups in total. The number of ether oxygens (including phenoxy) is 2. The molecule has 6 nitrogen and oxygen atoms in total. The first kappa shape index (κ1) is 13.6. The Morgan fingerprint density at radius 3 is 2.61 bits per heavy atom. The smallest absolute Gasteiger partial charge is 0.465 e. The van der Waals surface area contributed by atoms with Crippen LogP contribution in [-0.4, -0.2) is 24.4 Å². The topological polar surface area (TPSA) is 98.2 Å². The molecule has 1 rings (SSSR count). The summed E-state index contributed by atoms with van der Waals surface area (Å²) in [7, 11) is 0.994. The molecule has 0 radical (unpaired) electrons. The average molecular weight is 261 g/mol. The number of rotatable bonds is 2. The van der Waals surface area contributed by atoms with Crippen molar-refractivity contribution < 1.29 is 27.4 Å². The third-order valence-corrected chi connectivity index (χ3v) is 1.79. The van der Waals surface area contributed by atoms with Gasteiger partial charge in [-0.15, -0.1) is 13.2 Å². The highest BCUT2D eigenvalue weighted by molar-refractivity contribution is 5.98. The molecule has 0 saturated heterocycles. The van der Waals surface area contributed by atoms with Crippen LogP contribution in [0.15, 0.2) is 6.20 Å². The summed E-state index contributed by atoms with van der Waals surface area (Å²) in [6.07, 6.45) is -4.27. The highest BCUT2D eigenvalue weighted by Gasteiger charge is 2.34. The molecular weight excluding hydrogens is 255 g/mol. The number of nitrogen functional groups attached to an aromatic ring is 1. The highest BCUT2D eigenvalue weighted by atomic mass is 19.4. The number of esters is 1. The molecule has 1 aromatic rings. The zero-order valence-electron chi connectivity index (χ0n) is 8.91. The number of nitrogens with zero attached hydrogens (tertiary/aromatic N) is 2. The van der Waals surface area contributed by atoms with E-state index in [4.69, 9.17) is 11.0 Å². The maximum Gasteiger partial charge on any atom is 0.574 e. The number of nitrogens with two attached hydrogens (primary N) is 1. The van der Waals surface area contributed by atoms with Crippen molar-refractivity contribution in [2.45, 2.75) is 6.36 Å². The highest BCUT2D eigenvalue weighted by Crippen LogP contribution is 2.29. The first-order valence-electron chi connectivity index (χ1n) is 4.32. The molecule has 0 aliphatic rings. The largest absolute Gasteiger partial charge is 0.574 e. The monoisotopic (exact) mass is 261 g/mol. The van der Waals surface area contributed by atoms with E-state index in [0.29, 0.717) is 0 Å². The Bertz CT molecular complexity index is 522. The van der Waals surface area contributed by atoms with Crippen LogP contribution >= 0.6 is 0 Å². The van der Waals surface area contributed by atoms with Gasteiger partial charge in [-0.2, -0.15) is 5.26 Å². The van der Waals surface area contributed by atoms with Crippen LogP contribution in [0.3, 0.4) is 0 Å². The molecule has 0 amide bonds. The van der Waals surface area contributed by atoms with Crippen molar-refractivity contribution >= 4 is 11.7 Å². The Hall–Kier alpha value is -2.50. The summed E-state index contributed by atoms with van der Waals surface area (Å²) in [4.78, 5) is 14.5. The van der Waals surface area contributed by atoms with Crippen molar-refractivity contribution in [2.75, 3.05) is 12.8 Å². The number of halogens is 3. The van der Waals surface area contributed by atoms with Crippen molar-refractivity contribution in [3.63, 3.8) is 0 Å². The van der Waals surface area contributed by atoms with E-state index in [9.17, 15) is 18.0 Å². The second-order valence-electron chi connectivity index (χ2n) is 2.92. The number of anilines is 1. The Labute approximate surface area is 98.7 Å². The normalized spacial score (nSPS) is 10.6. The lowest BCUT2D eigenvalue weighted by molar-refractivity contribution is -0.276. The van der Waals surface area contributed by atoms with Gasteiger partial charge in [0.15, 0.2) is 0 Å². The number of carbonyl (C=O) groups excluding carboxylic acids is 1. The molecule has 96 valence electrons. The van der Waals surface area contributed by atoms with Crippen LogP contribution in [0.2, 0.25) is 0 Å². The standard InChI is InChI=1S/C9H6F3N3O3/c1-17-8(16)6-4(2-13)7(15-3-5(6)14)18-9(10,11)12/h3H,14H2,1H3. The molecule has 9 heteroatoms. The van der Waals surface area contributed by atoms with Crippen LogP contribution in [0.1, 0.15) is 15.9 Å². The van der Waals surface area contributed by atoms with Gasteiger partial charge in [-0.25, -0.2) is 9.78 Å². The molecule has 1 heterocycles. The Morgan fingerprint density at radius 1 is 1.56 bits per heavy atom. The molecule has 0 unspecified atom stereocenters. The number of aromatic nitrogens is 1. The van der Waals surface area contributed by atoms with E-state index >= 15 is 0 Å². The van der Waals surface area contributed by atoms with E-state index < -0.39 is 29.3 Å². The van der Waals surface area contributed by atoms with Gasteiger partial charge in [-0.3, -0.25) is 0 Å². The number of alkyl halides is 3. The first-order chi connectivity index (χ1) is 8.30. The fourth-order valence-electron chi connectivity index (χ4n) is 1.12. The van der Waals surface area contributed by atoms with Gasteiger partial charge in [0.1, 0.15) is 17.2 Å². The van der Waals surface area contributed by atoms with Crippen LogP contribution in [0.4, 0.5) is 18.9 Å². The van der Waals surface area contributed by atoms with E-state index in [1.54, 1.807) is 0 Å². The van der Waals surface area contributed by atoms with E-state index in [2.05, 4.69) is 14.5 Å². The second kappa shape index (κ2) is 4.79. The molecule has 0 aromatic carbocycles. The lowest BCUT2D eigenvalue weighted by atomic mass is 10.1. The molecule has 0 aliphatic heterocycles. The maximum atomic E-state index is 12.1. The van der Waals surface area contributed by atoms with Crippen molar-refractivity contribution in [3.05, 3.63) is 17.3 Å². The molecular formula is C9H6F3N3O3. The lowest BCUT2D eigenvalue weighted by Crippen LogP contribution is -2.20. The number of carbonyl (C=O) groups is 1. The lowest BCUT2D eigenvalue weighted by Gasteiger charge is -2.12. The summed E-state index contributed by atoms with van der Waals surface area (Å²) >= 11 is 0. The molecule has 0 saturated carbocycles. The minimum absolute atomic E-state index is 0.284. The van der Waals surface area contributed by atoms with Gasteiger partial charge in [0, 0.05) is 0 Å². The summed E-state index contributed by atoms with van der Waals surface area (Å²) in [6.45, 7) is 0. The van der Waals surface area contributed by atoms with Gasteiger partial charge >= 0.3 is 12.3 Å². The quantitative estimate of drug-likeness (QED) is 0.803. The summed E-state index contributed by atoms with van der Waals surface area (Å²) in [6, 6.07) is 1.37. The third-order valence-electron chi connectivity index (χ3n) is 1.79. The predicted molar refractivity (Wildman–Crippen MR) is 51.4 cm³/mol.